The lowest BCUT2D eigenvalue weighted by atomic mass is 10.3. The smallest absolute Gasteiger partial charge is 0.240 e. The Balaban J connectivity index is 1.45. The van der Waals surface area contributed by atoms with E-state index in [1.165, 1.54) is 32.4 Å². The summed E-state index contributed by atoms with van der Waals surface area (Å²) in [4.78, 5) is 16.5. The minimum atomic E-state index is -3.77. The van der Waals surface area contributed by atoms with Crippen molar-refractivity contribution in [3.8, 4) is 11.5 Å². The first-order valence-electron chi connectivity index (χ1n) is 9.34. The summed E-state index contributed by atoms with van der Waals surface area (Å²) in [5.41, 5.74) is 1.72. The summed E-state index contributed by atoms with van der Waals surface area (Å²) < 4.78 is 39.4. The number of pyridine rings is 1. The quantitative estimate of drug-likeness (QED) is 0.501. The second kappa shape index (κ2) is 9.59. The number of imidazole rings is 1. The molecular weight excluding hydrogens is 408 g/mol. The van der Waals surface area contributed by atoms with Gasteiger partial charge in [0.1, 0.15) is 5.65 Å². The predicted molar refractivity (Wildman–Crippen MR) is 111 cm³/mol. The van der Waals surface area contributed by atoms with Gasteiger partial charge in [-0.25, -0.2) is 18.1 Å². The van der Waals surface area contributed by atoms with E-state index in [4.69, 9.17) is 9.47 Å². The highest BCUT2D eigenvalue weighted by Gasteiger charge is 2.17. The van der Waals surface area contributed by atoms with Gasteiger partial charge in [-0.05, 0) is 24.3 Å². The minimum Gasteiger partial charge on any atom is -0.493 e. The van der Waals surface area contributed by atoms with Crippen LogP contribution in [-0.2, 0) is 21.2 Å². The molecule has 10 heteroatoms. The zero-order valence-electron chi connectivity index (χ0n) is 16.8. The number of hydrogen-bond donors (Lipinski definition) is 2. The fourth-order valence-electron chi connectivity index (χ4n) is 2.89. The lowest BCUT2D eigenvalue weighted by molar-refractivity contribution is -0.120. The topological polar surface area (TPSA) is 111 Å². The fourth-order valence-corrected chi connectivity index (χ4v) is 3.94. The number of rotatable bonds is 10. The van der Waals surface area contributed by atoms with Gasteiger partial charge in [0.2, 0.25) is 15.9 Å². The van der Waals surface area contributed by atoms with Crippen molar-refractivity contribution in [3.05, 3.63) is 54.5 Å². The van der Waals surface area contributed by atoms with Gasteiger partial charge in [-0.3, -0.25) is 4.79 Å². The molecule has 3 rings (SSSR count). The molecule has 0 saturated carbocycles. The Hall–Kier alpha value is -3.11. The fraction of sp³-hybridized carbons (Fsp3) is 0.300. The molecule has 2 heterocycles. The Morgan fingerprint density at radius 3 is 2.63 bits per heavy atom. The van der Waals surface area contributed by atoms with E-state index in [9.17, 15) is 13.2 Å². The summed E-state index contributed by atoms with van der Waals surface area (Å²) in [6.45, 7) is 0.405. The highest BCUT2D eigenvalue weighted by Crippen LogP contribution is 2.29. The first kappa shape index (κ1) is 21.6. The van der Waals surface area contributed by atoms with Gasteiger partial charge < -0.3 is 19.2 Å². The number of methoxy groups -OCH3 is 2. The van der Waals surface area contributed by atoms with Crippen molar-refractivity contribution >= 4 is 21.6 Å². The molecule has 9 nitrogen and oxygen atoms in total. The molecule has 0 spiro atoms. The molecule has 1 amide bonds. The summed E-state index contributed by atoms with van der Waals surface area (Å²) in [6.07, 6.45) is 4.44. The molecular formula is C20H24N4O5S. The molecule has 0 unspecified atom stereocenters. The molecule has 2 aromatic heterocycles. The van der Waals surface area contributed by atoms with E-state index in [1.807, 2.05) is 35.0 Å². The average Bonchev–Trinajstić information content (AvgIpc) is 3.15. The lowest BCUT2D eigenvalue weighted by Crippen LogP contribution is -2.31. The Kier molecular flexibility index (Phi) is 6.91. The van der Waals surface area contributed by atoms with Crippen LogP contribution in [0.3, 0.4) is 0 Å². The third-order valence-electron chi connectivity index (χ3n) is 4.43. The third kappa shape index (κ3) is 5.28. The predicted octanol–water partition coefficient (Wildman–Crippen LogP) is 1.38. The zero-order chi connectivity index (χ0) is 21.6. The lowest BCUT2D eigenvalue weighted by Gasteiger charge is -2.11. The normalized spacial score (nSPS) is 11.4. The second-order valence-electron chi connectivity index (χ2n) is 6.46. The summed E-state index contributed by atoms with van der Waals surface area (Å²) in [5, 5.41) is 2.78. The number of carbonyl (C=O) groups excluding carboxylic acids is 1. The van der Waals surface area contributed by atoms with Crippen molar-refractivity contribution in [2.24, 2.45) is 0 Å². The van der Waals surface area contributed by atoms with Gasteiger partial charge >= 0.3 is 0 Å². The van der Waals surface area contributed by atoms with E-state index in [-0.39, 0.29) is 23.8 Å². The highest BCUT2D eigenvalue weighted by molar-refractivity contribution is 7.89. The molecule has 0 aliphatic heterocycles. The van der Waals surface area contributed by atoms with Gasteiger partial charge in [-0.15, -0.1) is 0 Å². The van der Waals surface area contributed by atoms with Gasteiger partial charge in [0.25, 0.3) is 0 Å². The maximum Gasteiger partial charge on any atom is 0.240 e. The molecule has 0 fully saturated rings. The maximum atomic E-state index is 12.4. The number of amides is 1. The first-order valence-corrected chi connectivity index (χ1v) is 10.8. The Bertz CT molecular complexity index is 1090. The largest absolute Gasteiger partial charge is 0.493 e. The second-order valence-corrected chi connectivity index (χ2v) is 8.23. The SMILES string of the molecule is COc1ccc(S(=O)(=O)NCCC(=O)NCCc2cn3ccccc3n2)cc1OC. The van der Waals surface area contributed by atoms with E-state index in [2.05, 4.69) is 15.0 Å². The summed E-state index contributed by atoms with van der Waals surface area (Å²) in [6, 6.07) is 10.0. The van der Waals surface area contributed by atoms with Gasteiger partial charge in [0.15, 0.2) is 11.5 Å². The Morgan fingerprint density at radius 2 is 1.90 bits per heavy atom. The van der Waals surface area contributed by atoms with Crippen LogP contribution in [0.2, 0.25) is 0 Å². The molecule has 0 aliphatic rings. The highest BCUT2D eigenvalue weighted by atomic mass is 32.2. The zero-order valence-corrected chi connectivity index (χ0v) is 17.6. The molecule has 3 aromatic rings. The van der Waals surface area contributed by atoms with Crippen molar-refractivity contribution < 1.29 is 22.7 Å². The molecule has 0 atom stereocenters. The number of benzene rings is 1. The molecule has 0 saturated heterocycles. The van der Waals surface area contributed by atoms with E-state index < -0.39 is 10.0 Å². The third-order valence-corrected chi connectivity index (χ3v) is 5.89. The number of sulfonamides is 1. The molecule has 2 N–H and O–H groups in total. The molecule has 160 valence electrons. The average molecular weight is 433 g/mol. The van der Waals surface area contributed by atoms with Gasteiger partial charge in [0.05, 0.1) is 24.8 Å². The monoisotopic (exact) mass is 432 g/mol. The van der Waals surface area contributed by atoms with Crippen LogP contribution in [0, 0.1) is 0 Å². The number of nitrogens with zero attached hydrogens (tertiary/aromatic N) is 2. The van der Waals surface area contributed by atoms with Crippen LogP contribution in [0.15, 0.2) is 53.7 Å². The molecule has 1 aromatic carbocycles. The Labute approximate surface area is 175 Å². The maximum absolute atomic E-state index is 12.4. The first-order chi connectivity index (χ1) is 14.4. The van der Waals surface area contributed by atoms with Crippen molar-refractivity contribution in [1.29, 1.82) is 0 Å². The number of fused-ring (bicyclic) bond motifs is 1. The van der Waals surface area contributed by atoms with Crippen LogP contribution in [0.25, 0.3) is 5.65 Å². The van der Waals surface area contributed by atoms with Crippen molar-refractivity contribution in [2.75, 3.05) is 27.3 Å². The molecule has 30 heavy (non-hydrogen) atoms. The van der Waals surface area contributed by atoms with E-state index in [1.54, 1.807) is 0 Å². The molecule has 0 aliphatic carbocycles. The van der Waals surface area contributed by atoms with Crippen LogP contribution >= 0.6 is 0 Å². The van der Waals surface area contributed by atoms with E-state index in [0.717, 1.165) is 11.3 Å². The minimum absolute atomic E-state index is 0.0170. The number of carbonyl (C=O) groups is 1. The van der Waals surface area contributed by atoms with Crippen LogP contribution in [0.4, 0.5) is 0 Å². The van der Waals surface area contributed by atoms with E-state index >= 15 is 0 Å². The summed E-state index contributed by atoms with van der Waals surface area (Å²) >= 11 is 0. The number of ether oxygens (including phenoxy) is 2. The summed E-state index contributed by atoms with van der Waals surface area (Å²) in [5.74, 6) is 0.500. The number of nitrogens with one attached hydrogen (secondary N) is 2. The summed E-state index contributed by atoms with van der Waals surface area (Å²) in [7, 11) is -0.871. The molecule has 0 bridgehead atoms. The van der Waals surface area contributed by atoms with Gasteiger partial charge in [-0.1, -0.05) is 6.07 Å². The van der Waals surface area contributed by atoms with Crippen LogP contribution in [0.5, 0.6) is 11.5 Å². The number of aromatic nitrogens is 2. The van der Waals surface area contributed by atoms with Gasteiger partial charge in [-0.2, -0.15) is 0 Å². The van der Waals surface area contributed by atoms with Gasteiger partial charge in [0, 0.05) is 44.4 Å². The van der Waals surface area contributed by atoms with Crippen LogP contribution < -0.4 is 19.5 Å². The van der Waals surface area contributed by atoms with Crippen LogP contribution in [0.1, 0.15) is 12.1 Å². The van der Waals surface area contributed by atoms with Crippen LogP contribution in [-0.4, -0.2) is 51.0 Å². The van der Waals surface area contributed by atoms with Crippen molar-refractivity contribution in [1.82, 2.24) is 19.4 Å². The Morgan fingerprint density at radius 1 is 1.10 bits per heavy atom. The number of hydrogen-bond acceptors (Lipinski definition) is 6. The standard InChI is InChI=1S/C20H24N4O5S/c1-28-17-7-6-16(13-18(17)29-2)30(26,27)22-11-9-20(25)21-10-8-15-14-24-12-4-3-5-19(24)23-15/h3-7,12-14,22H,8-11H2,1-2H3,(H,21,25). The van der Waals surface area contributed by atoms with Crippen molar-refractivity contribution in [2.45, 2.75) is 17.7 Å². The van der Waals surface area contributed by atoms with E-state index in [0.29, 0.717) is 24.5 Å². The van der Waals surface area contributed by atoms with Crippen molar-refractivity contribution in [3.63, 3.8) is 0 Å². The molecule has 0 radical (unpaired) electrons.